The second-order valence-corrected chi connectivity index (χ2v) is 23.2. The fraction of sp³-hybridized carbons (Fsp3) is 0.238. The van der Waals surface area contributed by atoms with Gasteiger partial charge in [-0.15, -0.1) is 13.2 Å². The molecular weight excluding hydrogens is 1190 g/mol. The summed E-state index contributed by atoms with van der Waals surface area (Å²) >= 11 is 14.9. The molecule has 0 saturated carbocycles. The Balaban J connectivity index is 0.687. The number of fused-ring (bicyclic) bond motifs is 2. The number of rotatable bonds is 19. The van der Waals surface area contributed by atoms with Crippen molar-refractivity contribution in [2.45, 2.75) is 83.7 Å². The van der Waals surface area contributed by atoms with Gasteiger partial charge in [0.2, 0.25) is 0 Å². The van der Waals surface area contributed by atoms with Crippen molar-refractivity contribution >= 4 is 135 Å². The monoisotopic (exact) mass is 1240 g/mol. The largest absolute Gasteiger partial charge is 0.573 e. The summed E-state index contributed by atoms with van der Waals surface area (Å²) in [6.07, 6.45) is 7.47. The lowest BCUT2D eigenvalue weighted by molar-refractivity contribution is -0.274. The zero-order valence-corrected chi connectivity index (χ0v) is 49.1. The van der Waals surface area contributed by atoms with Gasteiger partial charge in [0.15, 0.2) is 10.3 Å². The van der Waals surface area contributed by atoms with Gasteiger partial charge < -0.3 is 20.1 Å². The van der Waals surface area contributed by atoms with Crippen LogP contribution < -0.4 is 35.8 Å². The molecule has 2 heterocycles. The van der Waals surface area contributed by atoms with E-state index in [1.165, 1.54) is 45.9 Å². The molecule has 0 spiro atoms. The van der Waals surface area contributed by atoms with Gasteiger partial charge in [-0.3, -0.25) is 39.6 Å². The first-order valence-electron chi connectivity index (χ1n) is 27.6. The predicted octanol–water partition coefficient (Wildman–Crippen LogP) is 15.5. The number of aromatic nitrogens is 2. The van der Waals surface area contributed by atoms with Gasteiger partial charge in [-0.1, -0.05) is 107 Å². The summed E-state index contributed by atoms with van der Waals surface area (Å²) in [7, 11) is 0. The molecule has 442 valence electrons. The van der Waals surface area contributed by atoms with Gasteiger partial charge in [-0.05, 0) is 158 Å². The third-order valence-electron chi connectivity index (χ3n) is 14.2. The minimum atomic E-state index is -4.88. The molecule has 0 saturated heterocycles. The average molecular weight is 1240 g/mol. The maximum atomic E-state index is 14.0. The van der Waals surface area contributed by atoms with Crippen molar-refractivity contribution in [2.75, 3.05) is 33.5 Å². The quantitative estimate of drug-likeness (QED) is 0.0446. The van der Waals surface area contributed by atoms with Gasteiger partial charge in [0.05, 0.1) is 51.4 Å². The zero-order chi connectivity index (χ0) is 60.3. The van der Waals surface area contributed by atoms with E-state index in [1.807, 2.05) is 48.5 Å². The highest BCUT2D eigenvalue weighted by Crippen LogP contribution is 2.37. The molecule has 86 heavy (non-hydrogen) atoms. The molecule has 16 nitrogen and oxygen atoms in total. The summed E-state index contributed by atoms with van der Waals surface area (Å²) in [6, 6.07) is 34.6. The number of nitrogens with one attached hydrogen (secondary N) is 4. The van der Waals surface area contributed by atoms with Crippen LogP contribution in [0.25, 0.3) is 31.6 Å². The Bertz CT molecular complexity index is 3890. The van der Waals surface area contributed by atoms with Crippen LogP contribution >= 0.6 is 45.9 Å². The maximum Gasteiger partial charge on any atom is 0.573 e. The Labute approximate surface area is 510 Å². The minimum Gasteiger partial charge on any atom is -0.406 e. The van der Waals surface area contributed by atoms with E-state index in [0.717, 1.165) is 79.0 Å². The number of anilines is 4. The second-order valence-electron chi connectivity index (χ2n) is 20.3. The number of carbonyl (C=O) groups excluding carboxylic acids is 6. The first kappa shape index (κ1) is 60.5. The Kier molecular flexibility index (Phi) is 19.4. The number of thiazole rings is 2. The summed E-state index contributed by atoms with van der Waals surface area (Å²) in [5.41, 5.74) is 8.54. The van der Waals surface area contributed by atoms with Crippen molar-refractivity contribution in [3.05, 3.63) is 183 Å². The summed E-state index contributed by atoms with van der Waals surface area (Å²) in [5.74, 6) is -3.18. The molecule has 8 aromatic rings. The van der Waals surface area contributed by atoms with Crippen molar-refractivity contribution in [1.82, 2.24) is 20.6 Å². The van der Waals surface area contributed by atoms with Crippen LogP contribution in [0, 0.1) is 0 Å². The second kappa shape index (κ2) is 27.6. The van der Waals surface area contributed by atoms with E-state index in [9.17, 15) is 41.9 Å². The topological polar surface area (TPSA) is 201 Å². The van der Waals surface area contributed by atoms with E-state index in [4.69, 9.17) is 27.9 Å². The summed E-state index contributed by atoms with van der Waals surface area (Å²) < 4.78 is 48.9. The number of hydrogen-bond acceptors (Lipinski definition) is 12. The van der Waals surface area contributed by atoms with Gasteiger partial charge in [0, 0.05) is 46.7 Å². The van der Waals surface area contributed by atoms with Gasteiger partial charge in [-0.25, -0.2) is 19.6 Å². The fourth-order valence-electron chi connectivity index (χ4n) is 9.84. The van der Waals surface area contributed by atoms with Crippen molar-refractivity contribution in [3.63, 3.8) is 0 Å². The van der Waals surface area contributed by atoms with E-state index >= 15 is 0 Å². The lowest BCUT2D eigenvalue weighted by Crippen LogP contribution is -2.34. The molecule has 2 aliphatic rings. The van der Waals surface area contributed by atoms with Crippen LogP contribution in [0.2, 0.25) is 10.0 Å². The number of allylic oxidation sites excluding steroid dienone is 4. The lowest BCUT2D eigenvalue weighted by Gasteiger charge is -2.23. The molecule has 23 heteroatoms. The number of ether oxygens (including phenoxy) is 2. The molecule has 0 radical (unpaired) electrons. The maximum absolute atomic E-state index is 14.0. The number of amides is 6. The molecular formula is C63H55Cl2F3N8O8S2. The van der Waals surface area contributed by atoms with Crippen LogP contribution in [0.15, 0.2) is 140 Å². The third-order valence-corrected chi connectivity index (χ3v) is 16.8. The smallest absolute Gasteiger partial charge is 0.406 e. The van der Waals surface area contributed by atoms with Gasteiger partial charge in [0.25, 0.3) is 11.8 Å². The number of halogens is 5. The number of nitrogens with zero attached hydrogens (tertiary/aromatic N) is 4. The molecule has 6 aromatic carbocycles. The minimum absolute atomic E-state index is 0.0557. The highest BCUT2D eigenvalue weighted by atomic mass is 35.5. The third kappa shape index (κ3) is 16.0. The molecule has 10 rings (SSSR count). The Morgan fingerprint density at radius 1 is 0.570 bits per heavy atom. The van der Waals surface area contributed by atoms with E-state index in [1.54, 1.807) is 65.6 Å². The number of esters is 2. The average Bonchev–Trinajstić information content (AvgIpc) is 3.17. The number of alkyl halides is 3. The molecule has 2 aliphatic carbocycles. The van der Waals surface area contributed by atoms with Gasteiger partial charge in [0.1, 0.15) is 5.75 Å². The van der Waals surface area contributed by atoms with Crippen molar-refractivity contribution in [1.29, 1.82) is 0 Å². The highest BCUT2D eigenvalue weighted by Gasteiger charge is 2.31. The number of benzene rings is 6. The van der Waals surface area contributed by atoms with E-state index in [0.29, 0.717) is 52.6 Å². The Morgan fingerprint density at radius 3 is 1.53 bits per heavy atom. The van der Waals surface area contributed by atoms with Crippen LogP contribution in [0.4, 0.5) is 44.4 Å². The standard InChI is InChI=1S/C63H55Cl2F3N8O8S2/c64-46-33-50(65)56-52(34-46)72-60(86-56)74-62(82)76(48-25-21-43(22-26-48)41-9-5-2-6-10-41)37-39-13-17-45(18-14-39)58(80)70-32-30-55(78)83-54(77)29-31-69-57(79)44-15-11-38(12-16-44)36-75(47-23-19-42(20-24-47)40-7-3-1-4-8-40)61(81)73-59-71-51-35-49(84-63(66,67)68)27-28-53(51)85-59/h7,9,11-28,33-35H,1-6,8,10,29-32,36-37H2,(H,69,79)(H,70,80)(H,71,73,81)(H,72,74,82). The van der Waals surface area contributed by atoms with Crippen molar-refractivity contribution in [2.24, 2.45) is 0 Å². The Hall–Kier alpha value is -8.63. The molecule has 4 N–H and O–H groups in total. The van der Waals surface area contributed by atoms with E-state index in [-0.39, 0.29) is 55.2 Å². The molecule has 0 fully saturated rings. The molecule has 0 unspecified atom stereocenters. The van der Waals surface area contributed by atoms with Crippen molar-refractivity contribution in [3.8, 4) is 5.75 Å². The van der Waals surface area contributed by atoms with Gasteiger partial charge in [-0.2, -0.15) is 0 Å². The number of urea groups is 2. The number of hydrogen-bond donors (Lipinski definition) is 4. The molecule has 0 atom stereocenters. The Morgan fingerprint density at radius 2 is 1.06 bits per heavy atom. The molecule has 0 aliphatic heterocycles. The van der Waals surface area contributed by atoms with Crippen LogP contribution in [-0.2, 0) is 27.4 Å². The van der Waals surface area contributed by atoms with Crippen LogP contribution in [0.1, 0.15) is 107 Å². The zero-order valence-electron chi connectivity index (χ0n) is 45.9. The SMILES string of the molecule is O=C(CCNC(=O)c1ccc(CN(C(=O)Nc2nc3cc(OC(F)(F)F)ccc3s2)c2ccc(C3=CCCCC3)cc2)cc1)OC(=O)CCNC(=O)c1ccc(CN(C(=O)Nc2nc3cc(Cl)cc(Cl)c3s2)c2ccc(C3=CCCCC3)cc2)cc1. The summed E-state index contributed by atoms with van der Waals surface area (Å²) in [6.45, 7) is -0.0838. The number of carbonyl (C=O) groups is 6. The van der Waals surface area contributed by atoms with Crippen LogP contribution in [-0.4, -0.2) is 65.2 Å². The van der Waals surface area contributed by atoms with Crippen molar-refractivity contribution < 1.29 is 51.4 Å². The predicted molar refractivity (Wildman–Crippen MR) is 330 cm³/mol. The van der Waals surface area contributed by atoms with E-state index in [2.05, 4.69) is 48.1 Å². The first-order valence-corrected chi connectivity index (χ1v) is 30.0. The molecule has 2 aromatic heterocycles. The van der Waals surface area contributed by atoms with Crippen LogP contribution in [0.5, 0.6) is 5.75 Å². The molecule has 0 bridgehead atoms. The summed E-state index contributed by atoms with van der Waals surface area (Å²) in [4.78, 5) is 91.4. The normalized spacial score (nSPS) is 13.3. The van der Waals surface area contributed by atoms with Crippen LogP contribution in [0.3, 0.4) is 0 Å². The summed E-state index contributed by atoms with van der Waals surface area (Å²) in [5, 5.41) is 12.3. The fourth-order valence-corrected chi connectivity index (χ4v) is 12.1. The first-order chi connectivity index (χ1) is 41.5. The molecule has 6 amide bonds. The lowest BCUT2D eigenvalue weighted by atomic mass is 9.93. The highest BCUT2D eigenvalue weighted by molar-refractivity contribution is 7.23. The van der Waals surface area contributed by atoms with E-state index < -0.39 is 47.9 Å². The van der Waals surface area contributed by atoms with Gasteiger partial charge >= 0.3 is 30.4 Å².